The van der Waals surface area contributed by atoms with Crippen LogP contribution in [0.3, 0.4) is 0 Å². The molecule has 0 bridgehead atoms. The zero-order chi connectivity index (χ0) is 37.0. The highest BCUT2D eigenvalue weighted by molar-refractivity contribution is 6.31. The second-order valence-electron chi connectivity index (χ2n) is 13.6. The SMILES string of the molecule is C[C@@H]1Cc2cc3c(-c4cc(O[C@@H]5O[C@H](CO)[C@@H](O)[C@H](O)[C@H]5O)cc5c4C(=O)C4=C(C5=O)[C@H](O)[C@@H](C)O[C@@H]4C)c(O)c(O)c(O)c3c(O)c2[C@@H](C)O1. The monoisotopic (exact) mass is 710 g/mol. The zero-order valence-corrected chi connectivity index (χ0v) is 27.9. The molecular formula is C36H38O15. The quantitative estimate of drug-likeness (QED) is 0.173. The number of hydrogen-bond donors (Lipinski definition) is 9. The number of hydrogen-bond acceptors (Lipinski definition) is 15. The first-order valence-corrected chi connectivity index (χ1v) is 16.5. The topological polar surface area (TPSA) is 253 Å². The Morgan fingerprint density at radius 3 is 2.10 bits per heavy atom. The Labute approximate surface area is 290 Å². The fraction of sp³-hybridized carbons (Fsp3) is 0.444. The van der Waals surface area contributed by atoms with E-state index < -0.39 is 96.3 Å². The number of rotatable bonds is 4. The molecule has 272 valence electrons. The predicted molar refractivity (Wildman–Crippen MR) is 175 cm³/mol. The maximum absolute atomic E-state index is 14.5. The summed E-state index contributed by atoms with van der Waals surface area (Å²) in [6.45, 7) is 5.83. The summed E-state index contributed by atoms with van der Waals surface area (Å²) in [5.41, 5.74) is -0.535. The summed E-state index contributed by atoms with van der Waals surface area (Å²) in [7, 11) is 0. The lowest BCUT2D eigenvalue weighted by atomic mass is 9.74. The molecule has 0 spiro atoms. The van der Waals surface area contributed by atoms with E-state index in [4.69, 9.17) is 18.9 Å². The van der Waals surface area contributed by atoms with Gasteiger partial charge < -0.3 is 64.9 Å². The summed E-state index contributed by atoms with van der Waals surface area (Å²) in [5.74, 6) is -5.10. The van der Waals surface area contributed by atoms with E-state index in [0.717, 1.165) is 6.07 Å². The minimum absolute atomic E-state index is 0.0193. The third-order valence-corrected chi connectivity index (χ3v) is 10.3. The van der Waals surface area contributed by atoms with Gasteiger partial charge in [0.05, 0.1) is 36.4 Å². The Morgan fingerprint density at radius 2 is 1.41 bits per heavy atom. The molecule has 3 aromatic rings. The third kappa shape index (κ3) is 5.18. The number of carbonyl (C=O) groups is 2. The van der Waals surface area contributed by atoms with Gasteiger partial charge in [-0.2, -0.15) is 0 Å². The van der Waals surface area contributed by atoms with Crippen molar-refractivity contribution in [3.8, 4) is 39.9 Å². The molecule has 0 amide bonds. The molecule has 7 rings (SSSR count). The van der Waals surface area contributed by atoms with Gasteiger partial charge in [-0.15, -0.1) is 0 Å². The van der Waals surface area contributed by atoms with Gasteiger partial charge in [-0.25, -0.2) is 0 Å². The fourth-order valence-electron chi connectivity index (χ4n) is 7.85. The molecule has 0 unspecified atom stereocenters. The molecule has 1 aliphatic carbocycles. The molecule has 0 saturated carbocycles. The standard InChI is InChI=1S/C36H38O15/c1-10-5-14-6-16-22(31(43)34(46)32(44)24(16)29(41)20(14)11(2)48-10)17-7-15(50-36-35(47)33(45)28(40)19(9-37)51-36)8-18-23(17)30(42)21-12(3)49-13(4)26(38)25(21)27(18)39/h6-8,10-13,19,26,28,33,35-38,40-41,43-47H,5,9H2,1-4H3/t10-,11-,12-,13-,19-,26-,28-,33+,35-,36-/m1/s1. The molecule has 1 saturated heterocycles. The first-order chi connectivity index (χ1) is 24.1. The van der Waals surface area contributed by atoms with E-state index in [2.05, 4.69) is 0 Å². The number of fused-ring (bicyclic) bond motifs is 3. The predicted octanol–water partition coefficient (Wildman–Crippen LogP) is 1.37. The average Bonchev–Trinajstić information content (AvgIpc) is 3.07. The highest BCUT2D eigenvalue weighted by Gasteiger charge is 2.47. The van der Waals surface area contributed by atoms with Crippen LogP contribution in [0.2, 0.25) is 0 Å². The van der Waals surface area contributed by atoms with Gasteiger partial charge in [-0.05, 0) is 57.9 Å². The fourth-order valence-corrected chi connectivity index (χ4v) is 7.85. The van der Waals surface area contributed by atoms with Crippen LogP contribution >= 0.6 is 0 Å². The second-order valence-corrected chi connectivity index (χ2v) is 13.6. The Kier molecular flexibility index (Phi) is 8.55. The van der Waals surface area contributed by atoms with E-state index in [1.54, 1.807) is 13.0 Å². The number of aliphatic hydroxyl groups is 5. The van der Waals surface area contributed by atoms with Gasteiger partial charge >= 0.3 is 0 Å². The Bertz CT molecular complexity index is 2020. The molecule has 51 heavy (non-hydrogen) atoms. The summed E-state index contributed by atoms with van der Waals surface area (Å²) in [5, 5.41) is 97.1. The minimum atomic E-state index is -1.87. The minimum Gasteiger partial charge on any atom is -0.507 e. The summed E-state index contributed by atoms with van der Waals surface area (Å²) in [4.78, 5) is 28.8. The summed E-state index contributed by atoms with van der Waals surface area (Å²) < 4.78 is 23.1. The molecule has 0 radical (unpaired) electrons. The number of aromatic hydroxyl groups is 4. The van der Waals surface area contributed by atoms with Crippen LogP contribution in [0.5, 0.6) is 28.7 Å². The van der Waals surface area contributed by atoms with Crippen LogP contribution in [0, 0.1) is 0 Å². The molecule has 1 fully saturated rings. The van der Waals surface area contributed by atoms with E-state index in [1.807, 2.05) is 6.92 Å². The van der Waals surface area contributed by atoms with E-state index in [9.17, 15) is 55.5 Å². The van der Waals surface area contributed by atoms with E-state index in [0.29, 0.717) is 17.5 Å². The van der Waals surface area contributed by atoms with Gasteiger partial charge in [0.15, 0.2) is 23.1 Å². The van der Waals surface area contributed by atoms with Crippen molar-refractivity contribution in [3.63, 3.8) is 0 Å². The molecule has 3 aromatic carbocycles. The highest BCUT2D eigenvalue weighted by Crippen LogP contribution is 2.56. The highest BCUT2D eigenvalue weighted by atomic mass is 16.7. The largest absolute Gasteiger partial charge is 0.507 e. The van der Waals surface area contributed by atoms with Crippen LogP contribution in [0.4, 0.5) is 0 Å². The first-order valence-electron chi connectivity index (χ1n) is 16.5. The van der Waals surface area contributed by atoms with Crippen molar-refractivity contribution in [3.05, 3.63) is 51.6 Å². The van der Waals surface area contributed by atoms with E-state index in [-0.39, 0.29) is 56.0 Å². The van der Waals surface area contributed by atoms with Crippen LogP contribution in [-0.2, 0) is 20.6 Å². The molecule has 15 nitrogen and oxygen atoms in total. The number of phenolic OH excluding ortho intramolecular Hbond substituents is 4. The van der Waals surface area contributed by atoms with E-state index >= 15 is 0 Å². The number of phenols is 4. The van der Waals surface area contributed by atoms with Crippen molar-refractivity contribution in [2.24, 2.45) is 0 Å². The van der Waals surface area contributed by atoms with Crippen molar-refractivity contribution in [1.29, 1.82) is 0 Å². The number of aliphatic hydroxyl groups excluding tert-OH is 5. The normalized spacial score (nSPS) is 32.1. The van der Waals surface area contributed by atoms with Gasteiger partial charge in [0, 0.05) is 44.3 Å². The van der Waals surface area contributed by atoms with Gasteiger partial charge in [-0.3, -0.25) is 9.59 Å². The number of ketones is 2. The lowest BCUT2D eigenvalue weighted by molar-refractivity contribution is -0.277. The number of carbonyl (C=O) groups excluding carboxylic acids is 2. The third-order valence-electron chi connectivity index (χ3n) is 10.3. The lowest BCUT2D eigenvalue weighted by Crippen LogP contribution is -2.60. The van der Waals surface area contributed by atoms with Gasteiger partial charge in [0.25, 0.3) is 0 Å². The Hall–Kier alpha value is -4.32. The van der Waals surface area contributed by atoms with Crippen molar-refractivity contribution in [2.75, 3.05) is 6.61 Å². The molecule has 15 heteroatoms. The van der Waals surface area contributed by atoms with Crippen LogP contribution < -0.4 is 4.74 Å². The van der Waals surface area contributed by atoms with Crippen molar-refractivity contribution < 1.29 is 74.5 Å². The van der Waals surface area contributed by atoms with Gasteiger partial charge in [-0.1, -0.05) is 0 Å². The van der Waals surface area contributed by atoms with Crippen molar-refractivity contribution in [1.82, 2.24) is 0 Å². The van der Waals surface area contributed by atoms with Crippen LogP contribution in [0.1, 0.15) is 65.6 Å². The molecule has 4 aliphatic rings. The summed E-state index contributed by atoms with van der Waals surface area (Å²) in [6.07, 6.45) is -12.4. The molecule has 9 N–H and O–H groups in total. The average molecular weight is 711 g/mol. The van der Waals surface area contributed by atoms with Crippen LogP contribution in [0.15, 0.2) is 29.3 Å². The van der Waals surface area contributed by atoms with Crippen molar-refractivity contribution in [2.45, 2.75) is 95.3 Å². The number of Topliss-reactive ketones (excluding diaryl/α,β-unsaturated/α-hetero) is 2. The number of ether oxygens (including phenoxy) is 4. The molecule has 10 atom stereocenters. The smallest absolute Gasteiger partial charge is 0.229 e. The van der Waals surface area contributed by atoms with Gasteiger partial charge in [0.2, 0.25) is 12.0 Å². The van der Waals surface area contributed by atoms with E-state index in [1.165, 1.54) is 19.9 Å². The molecule has 3 aliphatic heterocycles. The van der Waals surface area contributed by atoms with Crippen LogP contribution in [-0.4, -0.2) is 119 Å². The maximum atomic E-state index is 14.5. The molecule has 3 heterocycles. The number of benzene rings is 3. The Balaban J connectivity index is 1.53. The van der Waals surface area contributed by atoms with Crippen LogP contribution in [0.25, 0.3) is 21.9 Å². The Morgan fingerprint density at radius 1 is 0.725 bits per heavy atom. The first kappa shape index (κ1) is 35.1. The molecule has 0 aromatic heterocycles. The maximum Gasteiger partial charge on any atom is 0.229 e. The van der Waals surface area contributed by atoms with Crippen molar-refractivity contribution >= 4 is 22.3 Å². The second kappa shape index (κ2) is 12.4. The zero-order valence-electron chi connectivity index (χ0n) is 27.9. The summed E-state index contributed by atoms with van der Waals surface area (Å²) in [6, 6.07) is 3.91. The lowest BCUT2D eigenvalue weighted by Gasteiger charge is -2.40. The molecular weight excluding hydrogens is 672 g/mol. The van der Waals surface area contributed by atoms with Gasteiger partial charge in [0.1, 0.15) is 42.0 Å². The summed E-state index contributed by atoms with van der Waals surface area (Å²) >= 11 is 0.